The molecule has 0 bridgehead atoms. The average Bonchev–Trinajstić information content (AvgIpc) is 3.44. The molecule has 2 aromatic carbocycles. The summed E-state index contributed by atoms with van der Waals surface area (Å²) in [4.78, 5) is 26.4. The Labute approximate surface area is 258 Å². The lowest BCUT2D eigenvalue weighted by Crippen LogP contribution is -2.47. The minimum Gasteiger partial charge on any atom is -0.382 e. The van der Waals surface area contributed by atoms with Gasteiger partial charge in [-0.2, -0.15) is 4.31 Å². The number of sulfonamides is 1. The molecule has 1 heterocycles. The average molecular weight is 631 g/mol. The van der Waals surface area contributed by atoms with Gasteiger partial charge in [0.15, 0.2) is 0 Å². The van der Waals surface area contributed by atoms with E-state index in [1.54, 1.807) is 0 Å². The zero-order valence-corrected chi connectivity index (χ0v) is 26.0. The van der Waals surface area contributed by atoms with Crippen molar-refractivity contribution >= 4 is 33.2 Å². The van der Waals surface area contributed by atoms with Crippen molar-refractivity contribution in [2.75, 3.05) is 26.3 Å². The summed E-state index contributed by atoms with van der Waals surface area (Å²) >= 11 is 5.95. The van der Waals surface area contributed by atoms with E-state index in [1.807, 2.05) is 48.4 Å². The highest BCUT2D eigenvalue weighted by atomic mass is 35.5. The monoisotopic (exact) mass is 630 g/mol. The molecule has 0 N–H and O–H groups in total. The number of carbonyl (C=O) groups excluding carboxylic acids is 1. The first-order valence-electron chi connectivity index (χ1n) is 14.7. The lowest BCUT2D eigenvalue weighted by molar-refractivity contribution is -0.384. The molecule has 0 saturated heterocycles. The van der Waals surface area contributed by atoms with Gasteiger partial charge in [-0.25, -0.2) is 8.42 Å². The molecular weight excluding hydrogens is 592 g/mol. The van der Waals surface area contributed by atoms with E-state index in [0.717, 1.165) is 53.7 Å². The first-order chi connectivity index (χ1) is 20.7. The first kappa shape index (κ1) is 32.7. The van der Waals surface area contributed by atoms with Gasteiger partial charge in [0.25, 0.3) is 5.69 Å². The number of hydrogen-bond acceptors (Lipinski definition) is 6. The highest BCUT2D eigenvalue weighted by molar-refractivity contribution is 7.89. The number of halogens is 1. The minimum atomic E-state index is -4.27. The predicted molar refractivity (Wildman–Crippen MR) is 165 cm³/mol. The SMILES string of the molecule is CCOCCCN(CC(=O)N(Cc1cccn1Cc1ccccc1)C1CCCCC1)S(=O)(=O)c1ccc(Cl)c([N+](=O)[O-])c1. The molecular formula is C31H39ClN4O6S. The van der Waals surface area contributed by atoms with Crippen LogP contribution in [0.15, 0.2) is 71.8 Å². The Morgan fingerprint density at radius 3 is 2.53 bits per heavy atom. The molecule has 12 heteroatoms. The Hall–Kier alpha value is -3.25. The summed E-state index contributed by atoms with van der Waals surface area (Å²) in [7, 11) is -4.27. The molecule has 0 radical (unpaired) electrons. The van der Waals surface area contributed by atoms with Gasteiger partial charge in [-0.15, -0.1) is 0 Å². The zero-order chi connectivity index (χ0) is 30.8. The van der Waals surface area contributed by atoms with Gasteiger partial charge in [-0.05, 0) is 56.0 Å². The normalized spacial score (nSPS) is 14.2. The lowest BCUT2D eigenvalue weighted by atomic mass is 9.94. The van der Waals surface area contributed by atoms with Crippen molar-refractivity contribution in [1.29, 1.82) is 0 Å². The van der Waals surface area contributed by atoms with Gasteiger partial charge in [-0.1, -0.05) is 61.2 Å². The van der Waals surface area contributed by atoms with E-state index >= 15 is 0 Å². The standard InChI is InChI=1S/C31H39ClN4O6S/c1-2-42-20-10-19-34(43(40,41)28-16-17-29(32)30(21-28)36(38)39)24-31(37)35(26-13-7-4-8-14-26)23-27-15-9-18-33(27)22-25-11-5-3-6-12-25/h3,5-6,9,11-12,15-18,21,26H,2,4,7-8,10,13-14,19-20,22-24H2,1H3. The van der Waals surface area contributed by atoms with Crippen LogP contribution in [0.1, 0.15) is 56.7 Å². The lowest BCUT2D eigenvalue weighted by Gasteiger charge is -2.36. The van der Waals surface area contributed by atoms with E-state index in [0.29, 0.717) is 32.7 Å². The van der Waals surface area contributed by atoms with Crippen molar-refractivity contribution < 1.29 is 22.9 Å². The molecule has 0 aliphatic heterocycles. The fraction of sp³-hybridized carbons (Fsp3) is 0.452. The molecule has 0 spiro atoms. The summed E-state index contributed by atoms with van der Waals surface area (Å²) in [6.45, 7) is 3.28. The second kappa shape index (κ2) is 15.5. The van der Waals surface area contributed by atoms with Gasteiger partial charge in [0, 0.05) is 50.3 Å². The van der Waals surface area contributed by atoms with Crippen molar-refractivity contribution in [2.24, 2.45) is 0 Å². The minimum absolute atomic E-state index is 0.00840. The third-order valence-corrected chi connectivity index (χ3v) is 9.91. The van der Waals surface area contributed by atoms with E-state index in [2.05, 4.69) is 16.7 Å². The van der Waals surface area contributed by atoms with Crippen LogP contribution in [0.4, 0.5) is 5.69 Å². The molecule has 1 fully saturated rings. The van der Waals surface area contributed by atoms with Crippen molar-refractivity contribution in [3.63, 3.8) is 0 Å². The molecule has 1 aliphatic rings. The summed E-state index contributed by atoms with van der Waals surface area (Å²) in [6.07, 6.45) is 7.17. The third-order valence-electron chi connectivity index (χ3n) is 7.75. The van der Waals surface area contributed by atoms with Gasteiger partial charge in [-0.3, -0.25) is 14.9 Å². The summed E-state index contributed by atoms with van der Waals surface area (Å²) in [6, 6.07) is 17.4. The van der Waals surface area contributed by atoms with E-state index < -0.39 is 20.6 Å². The number of hydrogen-bond donors (Lipinski definition) is 0. The highest BCUT2D eigenvalue weighted by Gasteiger charge is 2.33. The molecule has 43 heavy (non-hydrogen) atoms. The van der Waals surface area contributed by atoms with Crippen molar-refractivity contribution in [3.05, 3.63) is 93.3 Å². The Kier molecular flexibility index (Phi) is 11.7. The Bertz CT molecular complexity index is 1470. The maximum atomic E-state index is 14.1. The molecule has 0 atom stereocenters. The largest absolute Gasteiger partial charge is 0.382 e. The quantitative estimate of drug-likeness (QED) is 0.118. The van der Waals surface area contributed by atoms with Gasteiger partial charge >= 0.3 is 0 Å². The van der Waals surface area contributed by atoms with E-state index in [9.17, 15) is 23.3 Å². The van der Waals surface area contributed by atoms with Gasteiger partial charge in [0.2, 0.25) is 15.9 Å². The van der Waals surface area contributed by atoms with E-state index in [4.69, 9.17) is 16.3 Å². The Balaban J connectivity index is 1.61. The number of amides is 1. The summed E-state index contributed by atoms with van der Waals surface area (Å²) in [5, 5.41) is 11.3. The molecule has 10 nitrogen and oxygen atoms in total. The second-order valence-electron chi connectivity index (χ2n) is 10.7. The Morgan fingerprint density at radius 1 is 1.09 bits per heavy atom. The predicted octanol–water partition coefficient (Wildman–Crippen LogP) is 5.88. The summed E-state index contributed by atoms with van der Waals surface area (Å²) < 4.78 is 36.3. The molecule has 1 aromatic heterocycles. The maximum Gasteiger partial charge on any atom is 0.289 e. The fourth-order valence-corrected chi connectivity index (χ4v) is 7.11. The molecule has 4 rings (SSSR count). The van der Waals surface area contributed by atoms with Crippen LogP contribution in [0.5, 0.6) is 0 Å². The highest BCUT2D eigenvalue weighted by Crippen LogP contribution is 2.30. The van der Waals surface area contributed by atoms with Crippen molar-refractivity contribution in [2.45, 2.75) is 69.5 Å². The number of aromatic nitrogens is 1. The zero-order valence-electron chi connectivity index (χ0n) is 24.4. The number of benzene rings is 2. The van der Waals surface area contributed by atoms with Crippen molar-refractivity contribution in [1.82, 2.24) is 13.8 Å². The third kappa shape index (κ3) is 8.66. The number of rotatable bonds is 15. The number of nitrogens with zero attached hydrogens (tertiary/aromatic N) is 4. The van der Waals surface area contributed by atoms with Crippen LogP contribution in [-0.2, 0) is 32.6 Å². The van der Waals surface area contributed by atoms with E-state index in [-0.39, 0.29) is 35.0 Å². The molecule has 1 aliphatic carbocycles. The topological polar surface area (TPSA) is 115 Å². The van der Waals surface area contributed by atoms with Crippen LogP contribution in [-0.4, -0.2) is 65.4 Å². The summed E-state index contributed by atoms with van der Waals surface area (Å²) in [5.41, 5.74) is 1.59. The van der Waals surface area contributed by atoms with Gasteiger partial charge in [0.1, 0.15) is 5.02 Å². The van der Waals surface area contributed by atoms with Crippen LogP contribution >= 0.6 is 11.6 Å². The van der Waals surface area contributed by atoms with Crippen LogP contribution in [0.2, 0.25) is 5.02 Å². The number of carbonyl (C=O) groups is 1. The van der Waals surface area contributed by atoms with Gasteiger partial charge < -0.3 is 14.2 Å². The number of ether oxygens (including phenoxy) is 1. The molecule has 1 saturated carbocycles. The molecule has 232 valence electrons. The van der Waals surface area contributed by atoms with Crippen LogP contribution in [0.25, 0.3) is 0 Å². The molecule has 1 amide bonds. The smallest absolute Gasteiger partial charge is 0.289 e. The first-order valence-corrected chi connectivity index (χ1v) is 16.5. The van der Waals surface area contributed by atoms with Gasteiger partial charge in [0.05, 0.1) is 22.9 Å². The second-order valence-corrected chi connectivity index (χ2v) is 13.0. The molecule has 3 aromatic rings. The Morgan fingerprint density at radius 2 is 1.84 bits per heavy atom. The fourth-order valence-electron chi connectivity index (χ4n) is 5.47. The maximum absolute atomic E-state index is 14.1. The van der Waals surface area contributed by atoms with Crippen LogP contribution in [0.3, 0.4) is 0 Å². The van der Waals surface area contributed by atoms with E-state index in [1.165, 1.54) is 12.1 Å². The van der Waals surface area contributed by atoms with Crippen molar-refractivity contribution in [3.8, 4) is 0 Å². The van der Waals surface area contributed by atoms with Crippen LogP contribution in [0, 0.1) is 10.1 Å². The number of nitro benzene ring substituents is 1. The number of nitro groups is 1. The molecule has 0 unspecified atom stereocenters. The summed E-state index contributed by atoms with van der Waals surface area (Å²) in [5.74, 6) is -0.303. The van der Waals surface area contributed by atoms with Crippen LogP contribution < -0.4 is 0 Å².